The molecule has 1 aliphatic rings. The molecule has 29 heavy (non-hydrogen) atoms. The van der Waals surface area contributed by atoms with Gasteiger partial charge in [0.2, 0.25) is 0 Å². The largest absolute Gasteiger partial charge is 0.433 e. The Bertz CT molecular complexity index is 990. The van der Waals surface area contributed by atoms with Crippen LogP contribution in [0.2, 0.25) is 5.02 Å². The van der Waals surface area contributed by atoms with Crippen molar-refractivity contribution in [1.82, 2.24) is 15.0 Å². The predicted octanol–water partition coefficient (Wildman–Crippen LogP) is 7.10. The average molecular weight is 422 g/mol. The van der Waals surface area contributed by atoms with Gasteiger partial charge in [0, 0.05) is 17.1 Å². The number of halogens is 4. The molecule has 154 valence electrons. The summed E-state index contributed by atoms with van der Waals surface area (Å²) >= 11 is 6.08. The Morgan fingerprint density at radius 3 is 2.59 bits per heavy atom. The molecule has 3 nitrogen and oxygen atoms in total. The van der Waals surface area contributed by atoms with E-state index in [1.54, 1.807) is 6.07 Å². The lowest BCUT2D eigenvalue weighted by molar-refractivity contribution is -0.141. The van der Waals surface area contributed by atoms with Gasteiger partial charge in [-0.05, 0) is 79.8 Å². The standard InChI is InChI=1S/C22H23ClF3N3/c1-2-17(21-28-18-8-7-16(23)12-19(18)29-21)14-5-3-13(4-6-14)15-9-10-27-20(11-15)22(24,25)26/h7-14,17H,2-6H2,1H3,(H,28,29)/t13-,14+,17-/m1/s1. The third kappa shape index (κ3) is 4.27. The highest BCUT2D eigenvalue weighted by molar-refractivity contribution is 6.31. The number of benzene rings is 1. The number of alkyl halides is 3. The molecule has 0 spiro atoms. The van der Waals surface area contributed by atoms with E-state index in [-0.39, 0.29) is 5.92 Å². The SMILES string of the molecule is CC[C@@H](c1nc2ccc(Cl)cc2[nH]1)[C@H]1CC[C@@H](c2ccnc(C(F)(F)F)c2)CC1. The molecule has 1 aliphatic carbocycles. The highest BCUT2D eigenvalue weighted by Gasteiger charge is 2.34. The quantitative estimate of drug-likeness (QED) is 0.488. The highest BCUT2D eigenvalue weighted by atomic mass is 35.5. The Labute approximate surface area is 172 Å². The fraction of sp³-hybridized carbons (Fsp3) is 0.455. The molecule has 1 aromatic carbocycles. The number of aromatic nitrogens is 3. The third-order valence-corrected chi connectivity index (χ3v) is 6.38. The minimum atomic E-state index is -4.40. The molecule has 7 heteroatoms. The summed E-state index contributed by atoms with van der Waals surface area (Å²) in [6, 6.07) is 8.58. The zero-order valence-electron chi connectivity index (χ0n) is 16.1. The van der Waals surface area contributed by atoms with Crippen molar-refractivity contribution in [3.8, 4) is 0 Å². The second-order valence-corrected chi connectivity index (χ2v) is 8.32. The molecule has 1 atom stereocenters. The zero-order chi connectivity index (χ0) is 20.6. The summed E-state index contributed by atoms with van der Waals surface area (Å²) in [6.07, 6.45) is 1.57. The Morgan fingerprint density at radius 1 is 1.14 bits per heavy atom. The number of nitrogens with zero attached hydrogens (tertiary/aromatic N) is 2. The van der Waals surface area contributed by atoms with Crippen molar-refractivity contribution >= 4 is 22.6 Å². The Hall–Kier alpha value is -2.08. The molecule has 2 aromatic heterocycles. The molecule has 1 saturated carbocycles. The summed E-state index contributed by atoms with van der Waals surface area (Å²) in [5, 5.41) is 0.678. The average Bonchev–Trinajstić information content (AvgIpc) is 3.11. The minimum absolute atomic E-state index is 0.155. The molecule has 0 radical (unpaired) electrons. The molecule has 1 fully saturated rings. The summed E-state index contributed by atoms with van der Waals surface area (Å²) in [4.78, 5) is 11.7. The molecule has 4 rings (SSSR count). The molecule has 0 bridgehead atoms. The summed E-state index contributed by atoms with van der Waals surface area (Å²) in [5.74, 6) is 1.92. The Morgan fingerprint density at radius 2 is 1.90 bits per heavy atom. The van der Waals surface area contributed by atoms with Gasteiger partial charge in [-0.3, -0.25) is 4.98 Å². The predicted molar refractivity (Wildman–Crippen MR) is 108 cm³/mol. The van der Waals surface area contributed by atoms with Crippen molar-refractivity contribution in [2.75, 3.05) is 0 Å². The number of nitrogens with one attached hydrogen (secondary N) is 1. The lowest BCUT2D eigenvalue weighted by Gasteiger charge is -2.33. The fourth-order valence-electron chi connectivity index (χ4n) is 4.64. The van der Waals surface area contributed by atoms with E-state index in [2.05, 4.69) is 16.9 Å². The van der Waals surface area contributed by atoms with E-state index in [1.807, 2.05) is 18.2 Å². The molecular weight excluding hydrogens is 399 g/mol. The second kappa shape index (κ2) is 7.98. The molecule has 0 amide bonds. The molecule has 0 aliphatic heterocycles. The van der Waals surface area contributed by atoms with Crippen molar-refractivity contribution in [2.45, 2.75) is 57.0 Å². The fourth-order valence-corrected chi connectivity index (χ4v) is 4.81. The normalized spacial score (nSPS) is 21.4. The van der Waals surface area contributed by atoms with Crippen molar-refractivity contribution in [1.29, 1.82) is 0 Å². The first-order chi connectivity index (χ1) is 13.8. The number of fused-ring (bicyclic) bond motifs is 1. The van der Waals surface area contributed by atoms with E-state index in [0.717, 1.165) is 54.5 Å². The van der Waals surface area contributed by atoms with E-state index in [4.69, 9.17) is 16.6 Å². The molecule has 2 heterocycles. The topological polar surface area (TPSA) is 41.6 Å². The Balaban J connectivity index is 1.48. The van der Waals surface area contributed by atoms with Crippen LogP contribution in [0.15, 0.2) is 36.5 Å². The first-order valence-corrected chi connectivity index (χ1v) is 10.4. The van der Waals surface area contributed by atoms with Gasteiger partial charge in [0.05, 0.1) is 11.0 Å². The number of pyridine rings is 1. The minimum Gasteiger partial charge on any atom is -0.342 e. The molecule has 1 N–H and O–H groups in total. The van der Waals surface area contributed by atoms with Gasteiger partial charge >= 0.3 is 6.18 Å². The first kappa shape index (κ1) is 20.2. The number of aromatic amines is 1. The molecule has 0 saturated heterocycles. The Kier molecular flexibility index (Phi) is 5.56. The van der Waals surface area contributed by atoms with Gasteiger partial charge in [-0.15, -0.1) is 0 Å². The summed E-state index contributed by atoms with van der Waals surface area (Å²) < 4.78 is 38.9. The number of hydrogen-bond acceptors (Lipinski definition) is 2. The monoisotopic (exact) mass is 421 g/mol. The third-order valence-electron chi connectivity index (χ3n) is 6.14. The van der Waals surface area contributed by atoms with Crippen LogP contribution >= 0.6 is 11.6 Å². The smallest absolute Gasteiger partial charge is 0.342 e. The van der Waals surface area contributed by atoms with Gasteiger partial charge in [0.1, 0.15) is 11.5 Å². The van der Waals surface area contributed by atoms with Gasteiger partial charge in [-0.1, -0.05) is 18.5 Å². The van der Waals surface area contributed by atoms with E-state index in [9.17, 15) is 13.2 Å². The highest BCUT2D eigenvalue weighted by Crippen LogP contribution is 2.43. The summed E-state index contributed by atoms with van der Waals surface area (Å²) in [7, 11) is 0. The molecule has 0 unspecified atom stereocenters. The van der Waals surface area contributed by atoms with Crippen molar-refractivity contribution in [2.24, 2.45) is 5.92 Å². The molecular formula is C22H23ClF3N3. The zero-order valence-corrected chi connectivity index (χ0v) is 16.9. The van der Waals surface area contributed by atoms with E-state index < -0.39 is 11.9 Å². The van der Waals surface area contributed by atoms with Gasteiger partial charge in [-0.25, -0.2) is 4.98 Å². The number of hydrogen-bond donors (Lipinski definition) is 1. The second-order valence-electron chi connectivity index (χ2n) is 7.88. The maximum absolute atomic E-state index is 13.0. The van der Waals surface area contributed by atoms with Crippen LogP contribution < -0.4 is 0 Å². The summed E-state index contributed by atoms with van der Waals surface area (Å²) in [5.41, 5.74) is 1.80. The van der Waals surface area contributed by atoms with Crippen LogP contribution in [0.5, 0.6) is 0 Å². The van der Waals surface area contributed by atoms with Crippen LogP contribution in [0.3, 0.4) is 0 Å². The summed E-state index contributed by atoms with van der Waals surface area (Å²) in [6.45, 7) is 2.16. The number of H-pyrrole nitrogens is 1. The van der Waals surface area contributed by atoms with Crippen molar-refractivity contribution < 1.29 is 13.2 Å². The molecule has 3 aromatic rings. The van der Waals surface area contributed by atoms with Crippen LogP contribution in [0, 0.1) is 5.92 Å². The maximum Gasteiger partial charge on any atom is 0.433 e. The van der Waals surface area contributed by atoms with Gasteiger partial charge in [0.15, 0.2) is 0 Å². The first-order valence-electron chi connectivity index (χ1n) is 10.0. The van der Waals surface area contributed by atoms with Crippen LogP contribution in [0.1, 0.15) is 67.9 Å². The van der Waals surface area contributed by atoms with E-state index in [1.165, 1.54) is 12.3 Å². The van der Waals surface area contributed by atoms with E-state index >= 15 is 0 Å². The number of imidazole rings is 1. The van der Waals surface area contributed by atoms with Crippen molar-refractivity contribution in [3.63, 3.8) is 0 Å². The van der Waals surface area contributed by atoms with Crippen LogP contribution in [-0.2, 0) is 6.18 Å². The van der Waals surface area contributed by atoms with Gasteiger partial charge in [-0.2, -0.15) is 13.2 Å². The lowest BCUT2D eigenvalue weighted by Crippen LogP contribution is -2.21. The lowest BCUT2D eigenvalue weighted by atomic mass is 9.73. The van der Waals surface area contributed by atoms with Crippen LogP contribution in [0.25, 0.3) is 11.0 Å². The van der Waals surface area contributed by atoms with Gasteiger partial charge < -0.3 is 4.98 Å². The van der Waals surface area contributed by atoms with Crippen LogP contribution in [0.4, 0.5) is 13.2 Å². The van der Waals surface area contributed by atoms with Gasteiger partial charge in [0.25, 0.3) is 0 Å². The van der Waals surface area contributed by atoms with Crippen molar-refractivity contribution in [3.05, 3.63) is 58.6 Å². The van der Waals surface area contributed by atoms with E-state index in [0.29, 0.717) is 16.9 Å². The van der Waals surface area contributed by atoms with Crippen LogP contribution in [-0.4, -0.2) is 15.0 Å². The maximum atomic E-state index is 13.0. The number of rotatable bonds is 4.